The predicted molar refractivity (Wildman–Crippen MR) is 99.1 cm³/mol. The first-order valence-corrected chi connectivity index (χ1v) is 8.51. The zero-order valence-corrected chi connectivity index (χ0v) is 15.8. The molecule has 0 unspecified atom stereocenters. The number of halogens is 2. The zero-order valence-electron chi connectivity index (χ0n) is 15.0. The third-order valence-corrected chi connectivity index (χ3v) is 3.82. The Morgan fingerprint density at radius 2 is 1.96 bits per heavy atom. The maximum Gasteiger partial charge on any atom is 0.339 e. The van der Waals surface area contributed by atoms with Gasteiger partial charge in [0.2, 0.25) is 0 Å². The van der Waals surface area contributed by atoms with Crippen LogP contribution in [0.5, 0.6) is 11.5 Å². The summed E-state index contributed by atoms with van der Waals surface area (Å²) in [6.45, 7) is 3.53. The highest BCUT2D eigenvalue weighted by molar-refractivity contribution is 6.32. The van der Waals surface area contributed by atoms with E-state index >= 15 is 0 Å². The van der Waals surface area contributed by atoms with Crippen LogP contribution in [0.3, 0.4) is 0 Å². The number of carbonyl (C=O) groups excluding carboxylic acids is 2. The smallest absolute Gasteiger partial charge is 0.339 e. The van der Waals surface area contributed by atoms with Gasteiger partial charge >= 0.3 is 5.97 Å². The summed E-state index contributed by atoms with van der Waals surface area (Å²) in [6, 6.07) is 8.44. The van der Waals surface area contributed by atoms with Crippen LogP contribution >= 0.6 is 11.6 Å². The van der Waals surface area contributed by atoms with E-state index < -0.39 is 23.8 Å². The van der Waals surface area contributed by atoms with Crippen molar-refractivity contribution in [3.05, 3.63) is 52.8 Å². The number of amides is 1. The molecule has 0 aromatic heterocycles. The highest BCUT2D eigenvalue weighted by Crippen LogP contribution is 2.36. The Morgan fingerprint density at radius 3 is 2.59 bits per heavy atom. The highest BCUT2D eigenvalue weighted by Gasteiger charge is 2.22. The summed E-state index contributed by atoms with van der Waals surface area (Å²) in [5, 5.41) is 2.54. The molecule has 8 heteroatoms. The van der Waals surface area contributed by atoms with Gasteiger partial charge in [0.1, 0.15) is 5.82 Å². The molecule has 144 valence electrons. The number of nitrogens with one attached hydrogen (secondary N) is 1. The number of rotatable bonds is 7. The lowest BCUT2D eigenvalue weighted by Gasteiger charge is -2.16. The van der Waals surface area contributed by atoms with E-state index in [0.717, 1.165) is 0 Å². The number of hydrogen-bond donors (Lipinski definition) is 1. The van der Waals surface area contributed by atoms with Gasteiger partial charge in [-0.05, 0) is 38.1 Å². The van der Waals surface area contributed by atoms with Crippen LogP contribution in [0.15, 0.2) is 36.4 Å². The lowest BCUT2D eigenvalue weighted by molar-refractivity contribution is -0.123. The van der Waals surface area contributed by atoms with Gasteiger partial charge in [0, 0.05) is 0 Å². The Hall–Kier alpha value is -2.80. The maximum atomic E-state index is 13.6. The van der Waals surface area contributed by atoms with Crippen LogP contribution in [0, 0.1) is 5.82 Å². The van der Waals surface area contributed by atoms with Crippen molar-refractivity contribution in [1.82, 2.24) is 0 Å². The monoisotopic (exact) mass is 395 g/mol. The number of methoxy groups -OCH3 is 1. The van der Waals surface area contributed by atoms with Crippen LogP contribution < -0.4 is 14.8 Å². The Balaban J connectivity index is 2.10. The SMILES string of the molecule is CCOc1c(Cl)cc(C(=O)O[C@@H](C)C(=O)Nc2ccccc2F)cc1OC. The molecule has 1 atom stereocenters. The van der Waals surface area contributed by atoms with E-state index in [9.17, 15) is 14.0 Å². The summed E-state index contributed by atoms with van der Waals surface area (Å²) in [7, 11) is 1.41. The van der Waals surface area contributed by atoms with Gasteiger partial charge < -0.3 is 19.5 Å². The fourth-order valence-electron chi connectivity index (χ4n) is 2.20. The Kier molecular flexibility index (Phi) is 7.01. The Bertz CT molecular complexity index is 843. The number of esters is 1. The molecule has 2 aromatic rings. The number of hydrogen-bond acceptors (Lipinski definition) is 5. The molecular formula is C19H19ClFNO5. The molecule has 0 radical (unpaired) electrons. The van der Waals surface area contributed by atoms with Crippen molar-refractivity contribution in [2.75, 3.05) is 19.0 Å². The van der Waals surface area contributed by atoms with E-state index in [2.05, 4.69) is 5.32 Å². The van der Waals surface area contributed by atoms with Gasteiger partial charge in [-0.1, -0.05) is 23.7 Å². The topological polar surface area (TPSA) is 73.9 Å². The molecule has 2 aromatic carbocycles. The molecule has 1 amide bonds. The summed E-state index contributed by atoms with van der Waals surface area (Å²) >= 11 is 6.13. The number of benzene rings is 2. The molecule has 2 rings (SSSR count). The van der Waals surface area contributed by atoms with Gasteiger partial charge in [-0.2, -0.15) is 0 Å². The molecule has 0 fully saturated rings. The van der Waals surface area contributed by atoms with Crippen LogP contribution in [0.2, 0.25) is 5.02 Å². The number of anilines is 1. The molecule has 0 saturated carbocycles. The van der Waals surface area contributed by atoms with Crippen molar-refractivity contribution in [3.8, 4) is 11.5 Å². The summed E-state index contributed by atoms with van der Waals surface area (Å²) in [4.78, 5) is 24.5. The second-order valence-electron chi connectivity index (χ2n) is 5.44. The van der Waals surface area contributed by atoms with E-state index in [1.807, 2.05) is 0 Å². The lowest BCUT2D eigenvalue weighted by atomic mass is 10.2. The predicted octanol–water partition coefficient (Wildman–Crippen LogP) is 4.07. The molecule has 0 spiro atoms. The molecule has 0 heterocycles. The molecule has 0 saturated heterocycles. The molecule has 0 aliphatic heterocycles. The third-order valence-electron chi connectivity index (χ3n) is 3.54. The standard InChI is InChI=1S/C19H19ClFNO5/c1-4-26-17-13(20)9-12(10-16(17)25-3)19(24)27-11(2)18(23)22-15-8-6-5-7-14(15)21/h5-11H,4H2,1-3H3,(H,22,23)/t11-/m0/s1. The second kappa shape index (κ2) is 9.23. The van der Waals surface area contributed by atoms with Gasteiger partial charge in [0.25, 0.3) is 5.91 Å². The van der Waals surface area contributed by atoms with Crippen LogP contribution in [0.25, 0.3) is 0 Å². The number of ether oxygens (including phenoxy) is 3. The highest BCUT2D eigenvalue weighted by atomic mass is 35.5. The second-order valence-corrected chi connectivity index (χ2v) is 5.85. The van der Waals surface area contributed by atoms with Crippen molar-refractivity contribution in [1.29, 1.82) is 0 Å². The molecule has 0 bridgehead atoms. The van der Waals surface area contributed by atoms with Gasteiger partial charge in [0.15, 0.2) is 17.6 Å². The van der Waals surface area contributed by atoms with Gasteiger partial charge in [-0.25, -0.2) is 9.18 Å². The van der Waals surface area contributed by atoms with Gasteiger partial charge in [-0.3, -0.25) is 4.79 Å². The Morgan fingerprint density at radius 1 is 1.26 bits per heavy atom. The number of carbonyl (C=O) groups is 2. The van der Waals surface area contributed by atoms with Crippen LogP contribution in [-0.4, -0.2) is 31.7 Å². The minimum absolute atomic E-state index is 0.00354. The minimum atomic E-state index is -1.16. The lowest BCUT2D eigenvalue weighted by Crippen LogP contribution is -2.30. The van der Waals surface area contributed by atoms with Crippen molar-refractivity contribution in [2.45, 2.75) is 20.0 Å². The molecule has 6 nitrogen and oxygen atoms in total. The van der Waals surface area contributed by atoms with Crippen LogP contribution in [-0.2, 0) is 9.53 Å². The average Bonchev–Trinajstić information content (AvgIpc) is 2.64. The quantitative estimate of drug-likeness (QED) is 0.715. The third kappa shape index (κ3) is 5.10. The number of para-hydroxylation sites is 1. The first-order valence-electron chi connectivity index (χ1n) is 8.14. The van der Waals surface area contributed by atoms with E-state index in [4.69, 9.17) is 25.8 Å². The summed E-state index contributed by atoms with van der Waals surface area (Å²) < 4.78 is 29.3. The first-order chi connectivity index (χ1) is 12.9. The normalized spacial score (nSPS) is 11.4. The summed E-state index contributed by atoms with van der Waals surface area (Å²) in [5.41, 5.74) is 0.0852. The first kappa shape index (κ1) is 20.5. The summed E-state index contributed by atoms with van der Waals surface area (Å²) in [5.74, 6) is -1.47. The van der Waals surface area contributed by atoms with E-state index in [-0.39, 0.29) is 22.0 Å². The van der Waals surface area contributed by atoms with Gasteiger partial charge in [-0.15, -0.1) is 0 Å². The van der Waals surface area contributed by atoms with Crippen molar-refractivity contribution in [2.24, 2.45) is 0 Å². The van der Waals surface area contributed by atoms with Crippen LogP contribution in [0.1, 0.15) is 24.2 Å². The zero-order chi connectivity index (χ0) is 20.0. The van der Waals surface area contributed by atoms with E-state index in [1.165, 1.54) is 44.4 Å². The van der Waals surface area contributed by atoms with Crippen molar-refractivity contribution >= 4 is 29.2 Å². The average molecular weight is 396 g/mol. The van der Waals surface area contributed by atoms with E-state index in [0.29, 0.717) is 12.4 Å². The largest absolute Gasteiger partial charge is 0.493 e. The minimum Gasteiger partial charge on any atom is -0.493 e. The van der Waals surface area contributed by atoms with Crippen molar-refractivity contribution in [3.63, 3.8) is 0 Å². The van der Waals surface area contributed by atoms with Gasteiger partial charge in [0.05, 0.1) is 30.0 Å². The summed E-state index contributed by atoms with van der Waals surface area (Å²) in [6.07, 6.45) is -1.16. The molecular weight excluding hydrogens is 377 g/mol. The van der Waals surface area contributed by atoms with Crippen LogP contribution in [0.4, 0.5) is 10.1 Å². The molecule has 0 aliphatic carbocycles. The maximum absolute atomic E-state index is 13.6. The fraction of sp³-hybridized carbons (Fsp3) is 0.263. The fourth-order valence-corrected chi connectivity index (χ4v) is 2.47. The van der Waals surface area contributed by atoms with E-state index in [1.54, 1.807) is 13.0 Å². The molecule has 1 N–H and O–H groups in total. The van der Waals surface area contributed by atoms with Crippen molar-refractivity contribution < 1.29 is 28.2 Å². The Labute approximate surface area is 161 Å². The molecule has 0 aliphatic rings. The molecule has 27 heavy (non-hydrogen) atoms.